The van der Waals surface area contributed by atoms with E-state index in [9.17, 15) is 9.59 Å². The number of nitrogens with two attached hydrogens (primary N) is 1. The van der Waals surface area contributed by atoms with Crippen molar-refractivity contribution in [3.63, 3.8) is 0 Å². The van der Waals surface area contributed by atoms with Crippen LogP contribution >= 0.6 is 0 Å². The Hall–Kier alpha value is -2.89. The monoisotopic (exact) mass is 284 g/mol. The van der Waals surface area contributed by atoms with E-state index in [1.807, 2.05) is 18.2 Å². The molecule has 0 aliphatic rings. The molecule has 0 atom stereocenters. The topological polar surface area (TPSA) is 97.1 Å². The van der Waals surface area contributed by atoms with Gasteiger partial charge in [0.15, 0.2) is 0 Å². The van der Waals surface area contributed by atoms with Crippen molar-refractivity contribution >= 4 is 11.9 Å². The number of benzene rings is 1. The molecule has 0 spiro atoms. The van der Waals surface area contributed by atoms with Crippen LogP contribution in [-0.2, 0) is 13.1 Å². The Morgan fingerprint density at radius 2 is 1.76 bits per heavy atom. The minimum Gasteiger partial charge on any atom is -0.352 e. The molecule has 0 saturated carbocycles. The Morgan fingerprint density at radius 1 is 1.00 bits per heavy atom. The van der Waals surface area contributed by atoms with E-state index in [0.717, 1.165) is 11.3 Å². The van der Waals surface area contributed by atoms with Crippen LogP contribution in [0.4, 0.5) is 4.79 Å². The summed E-state index contributed by atoms with van der Waals surface area (Å²) in [6.45, 7) is 0.718. The average Bonchev–Trinajstić information content (AvgIpc) is 2.52. The number of hydrogen-bond acceptors (Lipinski definition) is 3. The zero-order chi connectivity index (χ0) is 15.1. The van der Waals surface area contributed by atoms with Crippen molar-refractivity contribution in [3.05, 3.63) is 65.5 Å². The third-order valence-corrected chi connectivity index (χ3v) is 2.84. The van der Waals surface area contributed by atoms with Crippen LogP contribution in [-0.4, -0.2) is 16.9 Å². The fourth-order valence-corrected chi connectivity index (χ4v) is 1.74. The van der Waals surface area contributed by atoms with Crippen molar-refractivity contribution in [1.29, 1.82) is 0 Å². The predicted molar refractivity (Wildman–Crippen MR) is 78.3 cm³/mol. The number of pyridine rings is 1. The number of carbonyl (C=O) groups excluding carboxylic acids is 2. The van der Waals surface area contributed by atoms with E-state index in [1.54, 1.807) is 30.5 Å². The second kappa shape index (κ2) is 7.04. The Labute approximate surface area is 122 Å². The smallest absolute Gasteiger partial charge is 0.312 e. The number of rotatable bonds is 5. The molecule has 0 aliphatic heterocycles. The Balaban J connectivity index is 1.89. The lowest BCUT2D eigenvalue weighted by molar-refractivity contribution is 0.0950. The number of urea groups is 1. The van der Waals surface area contributed by atoms with Gasteiger partial charge in [0.05, 0.1) is 12.2 Å². The van der Waals surface area contributed by atoms with Gasteiger partial charge in [0.2, 0.25) is 0 Å². The van der Waals surface area contributed by atoms with Crippen LogP contribution in [0.2, 0.25) is 0 Å². The maximum Gasteiger partial charge on any atom is 0.312 e. The lowest BCUT2D eigenvalue weighted by Gasteiger charge is -2.06. The molecule has 3 amide bonds. The molecule has 6 nitrogen and oxygen atoms in total. The Bertz CT molecular complexity index is 611. The molecule has 1 aromatic carbocycles. The first-order chi connectivity index (χ1) is 10.1. The molecule has 0 fully saturated rings. The van der Waals surface area contributed by atoms with E-state index in [4.69, 9.17) is 5.73 Å². The van der Waals surface area contributed by atoms with Gasteiger partial charge in [-0.1, -0.05) is 18.2 Å². The Morgan fingerprint density at radius 3 is 2.38 bits per heavy atom. The lowest BCUT2D eigenvalue weighted by atomic mass is 10.1. The van der Waals surface area contributed by atoms with Crippen molar-refractivity contribution in [3.8, 4) is 0 Å². The maximum absolute atomic E-state index is 12.0. The molecule has 2 aromatic rings. The molecule has 0 saturated heterocycles. The highest BCUT2D eigenvalue weighted by atomic mass is 16.2. The largest absolute Gasteiger partial charge is 0.352 e. The van der Waals surface area contributed by atoms with Gasteiger partial charge in [0.1, 0.15) is 0 Å². The van der Waals surface area contributed by atoms with Crippen molar-refractivity contribution in [2.24, 2.45) is 5.73 Å². The number of aromatic nitrogens is 1. The van der Waals surface area contributed by atoms with Crippen molar-refractivity contribution in [1.82, 2.24) is 15.6 Å². The Kier molecular flexibility index (Phi) is 4.87. The summed E-state index contributed by atoms with van der Waals surface area (Å²) in [6.07, 6.45) is 1.68. The molecule has 4 N–H and O–H groups in total. The molecular weight excluding hydrogens is 268 g/mol. The second-order valence-corrected chi connectivity index (χ2v) is 4.42. The summed E-state index contributed by atoms with van der Waals surface area (Å²) >= 11 is 0. The van der Waals surface area contributed by atoms with Crippen LogP contribution in [0, 0.1) is 0 Å². The van der Waals surface area contributed by atoms with Gasteiger partial charge in [-0.3, -0.25) is 9.78 Å². The van der Waals surface area contributed by atoms with Gasteiger partial charge in [0, 0.05) is 18.3 Å². The minimum absolute atomic E-state index is 0.171. The van der Waals surface area contributed by atoms with Gasteiger partial charge < -0.3 is 16.4 Å². The summed E-state index contributed by atoms with van der Waals surface area (Å²) in [4.78, 5) is 26.7. The lowest BCUT2D eigenvalue weighted by Crippen LogP contribution is -2.28. The zero-order valence-corrected chi connectivity index (χ0v) is 11.4. The number of primary amides is 1. The van der Waals surface area contributed by atoms with Crippen molar-refractivity contribution < 1.29 is 9.59 Å². The SMILES string of the molecule is NC(=O)NCc1ccc(C(=O)NCc2ccccn2)cc1. The van der Waals surface area contributed by atoms with Crippen molar-refractivity contribution in [2.45, 2.75) is 13.1 Å². The normalized spacial score (nSPS) is 9.90. The molecule has 0 unspecified atom stereocenters. The molecule has 1 heterocycles. The van der Waals surface area contributed by atoms with Gasteiger partial charge in [-0.15, -0.1) is 0 Å². The highest BCUT2D eigenvalue weighted by Crippen LogP contribution is 2.05. The van der Waals surface area contributed by atoms with Gasteiger partial charge in [-0.2, -0.15) is 0 Å². The molecule has 2 rings (SSSR count). The highest BCUT2D eigenvalue weighted by molar-refractivity contribution is 5.94. The van der Waals surface area contributed by atoms with E-state index in [1.165, 1.54) is 0 Å². The van der Waals surface area contributed by atoms with Crippen LogP contribution in [0.15, 0.2) is 48.7 Å². The quantitative estimate of drug-likeness (QED) is 0.769. The zero-order valence-electron chi connectivity index (χ0n) is 11.4. The van der Waals surface area contributed by atoms with Crippen LogP contribution < -0.4 is 16.4 Å². The standard InChI is InChI=1S/C15H16N4O2/c16-15(21)19-9-11-4-6-12(7-5-11)14(20)18-10-13-3-1-2-8-17-13/h1-8H,9-10H2,(H,18,20)(H3,16,19,21). The van der Waals surface area contributed by atoms with Gasteiger partial charge in [-0.05, 0) is 29.8 Å². The van der Waals surface area contributed by atoms with E-state index in [0.29, 0.717) is 18.7 Å². The fourth-order valence-electron chi connectivity index (χ4n) is 1.74. The summed E-state index contributed by atoms with van der Waals surface area (Å²) in [7, 11) is 0. The van der Waals surface area contributed by atoms with Crippen molar-refractivity contribution in [2.75, 3.05) is 0 Å². The summed E-state index contributed by atoms with van der Waals surface area (Å²) < 4.78 is 0. The minimum atomic E-state index is -0.577. The summed E-state index contributed by atoms with van der Waals surface area (Å²) in [5.74, 6) is -0.171. The van der Waals surface area contributed by atoms with Gasteiger partial charge in [-0.25, -0.2) is 4.79 Å². The first kappa shape index (κ1) is 14.5. The molecule has 21 heavy (non-hydrogen) atoms. The molecular formula is C15H16N4O2. The fraction of sp³-hybridized carbons (Fsp3) is 0.133. The third kappa shape index (κ3) is 4.61. The highest BCUT2D eigenvalue weighted by Gasteiger charge is 2.05. The van der Waals surface area contributed by atoms with Gasteiger partial charge >= 0.3 is 6.03 Å². The molecule has 0 aliphatic carbocycles. The number of amides is 3. The van der Waals surface area contributed by atoms with Crippen LogP contribution in [0.3, 0.4) is 0 Å². The van der Waals surface area contributed by atoms with E-state index < -0.39 is 6.03 Å². The molecule has 6 heteroatoms. The van der Waals surface area contributed by atoms with E-state index in [2.05, 4.69) is 15.6 Å². The first-order valence-electron chi connectivity index (χ1n) is 6.45. The number of carbonyl (C=O) groups is 2. The van der Waals surface area contributed by atoms with E-state index >= 15 is 0 Å². The molecule has 1 aromatic heterocycles. The van der Waals surface area contributed by atoms with Crippen LogP contribution in [0.25, 0.3) is 0 Å². The molecule has 0 radical (unpaired) electrons. The molecule has 0 bridgehead atoms. The number of hydrogen-bond donors (Lipinski definition) is 3. The third-order valence-electron chi connectivity index (χ3n) is 2.84. The number of nitrogens with one attached hydrogen (secondary N) is 2. The summed E-state index contributed by atoms with van der Waals surface area (Å²) in [6, 6.07) is 11.9. The molecule has 108 valence electrons. The number of nitrogens with zero attached hydrogens (tertiary/aromatic N) is 1. The van der Waals surface area contributed by atoms with E-state index in [-0.39, 0.29) is 5.91 Å². The predicted octanol–water partition coefficient (Wildman–Crippen LogP) is 1.18. The van der Waals surface area contributed by atoms with Crippen LogP contribution in [0.5, 0.6) is 0 Å². The van der Waals surface area contributed by atoms with Crippen LogP contribution in [0.1, 0.15) is 21.6 Å². The summed E-state index contributed by atoms with van der Waals surface area (Å²) in [5.41, 5.74) is 7.21. The maximum atomic E-state index is 12.0. The average molecular weight is 284 g/mol. The summed E-state index contributed by atoms with van der Waals surface area (Å²) in [5, 5.41) is 5.28. The second-order valence-electron chi connectivity index (χ2n) is 4.42. The first-order valence-corrected chi connectivity index (χ1v) is 6.45. The van der Waals surface area contributed by atoms with Gasteiger partial charge in [0.25, 0.3) is 5.91 Å².